The number of amides is 1. The molecule has 1 heterocycles. The maximum absolute atomic E-state index is 12.2. The Morgan fingerprint density at radius 3 is 2.59 bits per heavy atom. The Morgan fingerprint density at radius 1 is 1.27 bits per heavy atom. The Balaban J connectivity index is 1.50. The Hall–Kier alpha value is -1.55. The lowest BCUT2D eigenvalue weighted by atomic mass is 10.0. The molecule has 1 N–H and O–H groups in total. The van der Waals surface area contributed by atoms with Crippen molar-refractivity contribution >= 4 is 6.09 Å². The molecule has 0 radical (unpaired) electrons. The van der Waals surface area contributed by atoms with Gasteiger partial charge in [-0.1, -0.05) is 30.3 Å². The van der Waals surface area contributed by atoms with E-state index in [0.29, 0.717) is 18.0 Å². The number of carbonyl (C=O) groups is 1. The highest BCUT2D eigenvalue weighted by Crippen LogP contribution is 2.38. The quantitative estimate of drug-likeness (QED) is 0.932. The van der Waals surface area contributed by atoms with E-state index in [4.69, 9.17) is 4.74 Å². The molecule has 22 heavy (non-hydrogen) atoms. The van der Waals surface area contributed by atoms with Crippen LogP contribution in [0.15, 0.2) is 30.3 Å². The van der Waals surface area contributed by atoms with E-state index in [-0.39, 0.29) is 6.09 Å². The molecule has 3 rings (SSSR count). The normalized spacial score (nSPS) is 27.2. The van der Waals surface area contributed by atoms with E-state index in [1.54, 1.807) is 0 Å². The summed E-state index contributed by atoms with van der Waals surface area (Å²) in [6, 6.07) is 11.3. The van der Waals surface area contributed by atoms with Gasteiger partial charge in [-0.15, -0.1) is 0 Å². The first-order valence-corrected chi connectivity index (χ1v) is 8.19. The Bertz CT molecular complexity index is 524. The SMILES string of the molecule is CC(C)(C)OC(=O)N1C[C@H]2C[C@@H]1C[C@@H]2NCc1ccccc1. The van der Waals surface area contributed by atoms with Gasteiger partial charge in [0.2, 0.25) is 0 Å². The standard InChI is InChI=1S/C18H26N2O2/c1-18(2,3)22-17(21)20-12-14-9-15(20)10-16(14)19-11-13-7-5-4-6-8-13/h4-8,14-16,19H,9-12H2,1-3H3/t14-,15-,16+/m1/s1. The van der Waals surface area contributed by atoms with Crippen LogP contribution in [0, 0.1) is 5.92 Å². The van der Waals surface area contributed by atoms with Gasteiger partial charge in [0.25, 0.3) is 0 Å². The van der Waals surface area contributed by atoms with Gasteiger partial charge in [-0.25, -0.2) is 4.79 Å². The third-order valence-electron chi connectivity index (χ3n) is 4.58. The van der Waals surface area contributed by atoms with Crippen molar-refractivity contribution in [2.75, 3.05) is 6.54 Å². The zero-order valence-corrected chi connectivity index (χ0v) is 13.7. The van der Waals surface area contributed by atoms with Crippen molar-refractivity contribution < 1.29 is 9.53 Å². The van der Waals surface area contributed by atoms with Crippen LogP contribution in [-0.4, -0.2) is 35.2 Å². The van der Waals surface area contributed by atoms with Gasteiger partial charge in [0.05, 0.1) is 0 Å². The molecule has 120 valence electrons. The predicted molar refractivity (Wildman–Crippen MR) is 86.5 cm³/mol. The minimum atomic E-state index is -0.413. The van der Waals surface area contributed by atoms with Crippen LogP contribution in [0.5, 0.6) is 0 Å². The number of piperidine rings is 1. The molecule has 1 amide bonds. The first-order chi connectivity index (χ1) is 10.4. The molecule has 1 aliphatic heterocycles. The summed E-state index contributed by atoms with van der Waals surface area (Å²) in [5, 5.41) is 3.66. The van der Waals surface area contributed by atoms with Crippen molar-refractivity contribution in [2.24, 2.45) is 5.92 Å². The van der Waals surface area contributed by atoms with Gasteiger partial charge in [-0.05, 0) is 45.1 Å². The molecule has 0 aromatic heterocycles. The maximum atomic E-state index is 12.2. The average Bonchev–Trinajstić information content (AvgIpc) is 3.04. The summed E-state index contributed by atoms with van der Waals surface area (Å²) in [7, 11) is 0. The first kappa shape index (κ1) is 15.3. The van der Waals surface area contributed by atoms with Crippen molar-refractivity contribution in [3.63, 3.8) is 0 Å². The number of rotatable bonds is 3. The molecule has 1 aliphatic carbocycles. The molecule has 0 unspecified atom stereocenters. The number of fused-ring (bicyclic) bond motifs is 2. The van der Waals surface area contributed by atoms with E-state index in [0.717, 1.165) is 25.9 Å². The molecular formula is C18H26N2O2. The summed E-state index contributed by atoms with van der Waals surface area (Å²) in [6.07, 6.45) is 1.99. The maximum Gasteiger partial charge on any atom is 0.410 e. The molecule has 1 saturated heterocycles. The Morgan fingerprint density at radius 2 is 2.00 bits per heavy atom. The van der Waals surface area contributed by atoms with Crippen molar-refractivity contribution in [2.45, 2.75) is 57.8 Å². The topological polar surface area (TPSA) is 41.6 Å². The lowest BCUT2D eigenvalue weighted by Gasteiger charge is -2.33. The van der Waals surface area contributed by atoms with Crippen LogP contribution >= 0.6 is 0 Å². The average molecular weight is 302 g/mol. The molecule has 2 fully saturated rings. The summed E-state index contributed by atoms with van der Waals surface area (Å²) in [5.41, 5.74) is 0.901. The number of carbonyl (C=O) groups excluding carboxylic acids is 1. The predicted octanol–water partition coefficient (Wildman–Crippen LogP) is 3.17. The van der Waals surface area contributed by atoms with Crippen molar-refractivity contribution in [1.82, 2.24) is 10.2 Å². The van der Waals surface area contributed by atoms with Gasteiger partial charge < -0.3 is 15.0 Å². The molecule has 2 bridgehead atoms. The van der Waals surface area contributed by atoms with E-state index in [1.165, 1.54) is 5.56 Å². The second-order valence-corrected chi connectivity index (χ2v) is 7.49. The fourth-order valence-corrected chi connectivity index (χ4v) is 3.59. The van der Waals surface area contributed by atoms with Crippen LogP contribution in [-0.2, 0) is 11.3 Å². The lowest BCUT2D eigenvalue weighted by Crippen LogP contribution is -2.47. The molecule has 4 heteroatoms. The number of ether oxygens (including phenoxy) is 1. The van der Waals surface area contributed by atoms with E-state index in [9.17, 15) is 4.79 Å². The number of nitrogens with one attached hydrogen (secondary N) is 1. The molecular weight excluding hydrogens is 276 g/mol. The van der Waals surface area contributed by atoms with E-state index in [2.05, 4.69) is 29.6 Å². The van der Waals surface area contributed by atoms with Gasteiger partial charge in [-0.3, -0.25) is 0 Å². The van der Waals surface area contributed by atoms with Crippen LogP contribution in [0.25, 0.3) is 0 Å². The van der Waals surface area contributed by atoms with Crippen molar-refractivity contribution in [1.29, 1.82) is 0 Å². The van der Waals surface area contributed by atoms with Gasteiger partial charge >= 0.3 is 6.09 Å². The minimum absolute atomic E-state index is 0.151. The second kappa shape index (κ2) is 5.92. The zero-order valence-electron chi connectivity index (χ0n) is 13.7. The third-order valence-corrected chi connectivity index (χ3v) is 4.58. The summed E-state index contributed by atoms with van der Waals surface area (Å²) in [5.74, 6) is 0.557. The smallest absolute Gasteiger partial charge is 0.410 e. The number of nitrogens with zero attached hydrogens (tertiary/aromatic N) is 1. The zero-order chi connectivity index (χ0) is 15.7. The number of hydrogen-bond donors (Lipinski definition) is 1. The van der Waals surface area contributed by atoms with E-state index < -0.39 is 5.60 Å². The Kier molecular flexibility index (Phi) is 4.13. The summed E-state index contributed by atoms with van der Waals surface area (Å²) in [4.78, 5) is 14.1. The highest BCUT2D eigenvalue weighted by atomic mass is 16.6. The number of hydrogen-bond acceptors (Lipinski definition) is 3. The van der Waals surface area contributed by atoms with Gasteiger partial charge in [0.1, 0.15) is 5.60 Å². The molecule has 0 spiro atoms. The molecule has 4 nitrogen and oxygen atoms in total. The summed E-state index contributed by atoms with van der Waals surface area (Å²) in [6.45, 7) is 7.49. The molecule has 1 aromatic rings. The van der Waals surface area contributed by atoms with Crippen molar-refractivity contribution in [3.05, 3.63) is 35.9 Å². The summed E-state index contributed by atoms with van der Waals surface area (Å²) < 4.78 is 5.51. The minimum Gasteiger partial charge on any atom is -0.444 e. The highest BCUT2D eigenvalue weighted by Gasteiger charge is 2.47. The third kappa shape index (κ3) is 3.43. The second-order valence-electron chi connectivity index (χ2n) is 7.49. The van der Waals surface area contributed by atoms with E-state index in [1.807, 2.05) is 31.7 Å². The molecule has 1 saturated carbocycles. The van der Waals surface area contributed by atoms with E-state index >= 15 is 0 Å². The molecule has 3 atom stereocenters. The van der Waals surface area contributed by atoms with Gasteiger partial charge in [0.15, 0.2) is 0 Å². The highest BCUT2D eigenvalue weighted by molar-refractivity contribution is 5.69. The van der Waals surface area contributed by atoms with Crippen LogP contribution in [0.4, 0.5) is 4.79 Å². The number of benzene rings is 1. The first-order valence-electron chi connectivity index (χ1n) is 8.19. The monoisotopic (exact) mass is 302 g/mol. The fraction of sp³-hybridized carbons (Fsp3) is 0.611. The van der Waals surface area contributed by atoms with Gasteiger partial charge in [-0.2, -0.15) is 0 Å². The number of likely N-dealkylation sites (tertiary alicyclic amines) is 1. The Labute approximate surface area is 132 Å². The lowest BCUT2D eigenvalue weighted by molar-refractivity contribution is 0.0174. The largest absolute Gasteiger partial charge is 0.444 e. The fourth-order valence-electron chi connectivity index (χ4n) is 3.59. The van der Waals surface area contributed by atoms with Gasteiger partial charge in [0, 0.05) is 25.2 Å². The van der Waals surface area contributed by atoms with Crippen molar-refractivity contribution in [3.8, 4) is 0 Å². The molecule has 1 aromatic carbocycles. The molecule has 2 aliphatic rings. The summed E-state index contributed by atoms with van der Waals surface area (Å²) >= 11 is 0. The van der Waals surface area contributed by atoms with Crippen LogP contribution in [0.2, 0.25) is 0 Å². The van der Waals surface area contributed by atoms with Crippen LogP contribution in [0.1, 0.15) is 39.2 Å². The van der Waals surface area contributed by atoms with Crippen LogP contribution in [0.3, 0.4) is 0 Å². The van der Waals surface area contributed by atoms with Crippen LogP contribution < -0.4 is 5.32 Å².